The second-order valence-corrected chi connectivity index (χ2v) is 10.6. The van der Waals surface area contributed by atoms with Crippen LogP contribution < -0.4 is 0 Å². The Kier molecular flexibility index (Phi) is 5.45. The molecule has 2 atom stereocenters. The van der Waals surface area contributed by atoms with Crippen LogP contribution in [0.15, 0.2) is 30.3 Å². The molecule has 1 aliphatic heterocycles. The van der Waals surface area contributed by atoms with Gasteiger partial charge in [-0.05, 0) is 30.7 Å². The Bertz CT molecular complexity index is 825. The predicted octanol–water partition coefficient (Wildman–Crippen LogP) is 1.82. The molecular formula is C21H28N2O4S. The van der Waals surface area contributed by atoms with Gasteiger partial charge in [0, 0.05) is 32.1 Å². The van der Waals surface area contributed by atoms with Crippen molar-refractivity contribution in [2.24, 2.45) is 5.92 Å². The van der Waals surface area contributed by atoms with Crippen molar-refractivity contribution in [3.63, 3.8) is 0 Å². The van der Waals surface area contributed by atoms with Gasteiger partial charge in [-0.15, -0.1) is 0 Å². The summed E-state index contributed by atoms with van der Waals surface area (Å²) in [5.41, 5.74) is 1.21. The largest absolute Gasteiger partial charge is 0.339 e. The van der Waals surface area contributed by atoms with Crippen LogP contribution in [0, 0.1) is 5.92 Å². The Morgan fingerprint density at radius 1 is 0.929 bits per heavy atom. The lowest BCUT2D eigenvalue weighted by Gasteiger charge is -2.35. The van der Waals surface area contributed by atoms with Gasteiger partial charge in [0.05, 0.1) is 5.25 Å². The molecule has 1 unspecified atom stereocenters. The van der Waals surface area contributed by atoms with Gasteiger partial charge in [0.25, 0.3) is 0 Å². The van der Waals surface area contributed by atoms with E-state index in [1.807, 2.05) is 23.1 Å². The van der Waals surface area contributed by atoms with Crippen LogP contribution in [-0.4, -0.2) is 67.2 Å². The van der Waals surface area contributed by atoms with Gasteiger partial charge in [0.1, 0.15) is 5.75 Å². The van der Waals surface area contributed by atoms with Crippen molar-refractivity contribution >= 4 is 21.7 Å². The summed E-state index contributed by atoms with van der Waals surface area (Å²) < 4.78 is 24.8. The van der Waals surface area contributed by atoms with E-state index in [-0.39, 0.29) is 28.7 Å². The molecule has 1 saturated heterocycles. The van der Waals surface area contributed by atoms with Crippen LogP contribution in [0.3, 0.4) is 0 Å². The minimum Gasteiger partial charge on any atom is -0.339 e. The topological polar surface area (TPSA) is 74.8 Å². The minimum absolute atomic E-state index is 0.0485. The summed E-state index contributed by atoms with van der Waals surface area (Å²) in [7, 11) is -3.35. The lowest BCUT2D eigenvalue weighted by atomic mass is 10.1. The maximum absolute atomic E-state index is 12.7. The number of rotatable bonds is 5. The Balaban J connectivity index is 1.26. The molecule has 0 radical (unpaired) electrons. The van der Waals surface area contributed by atoms with Crippen molar-refractivity contribution in [3.05, 3.63) is 35.9 Å². The molecule has 0 spiro atoms. The van der Waals surface area contributed by atoms with Crippen molar-refractivity contribution in [3.8, 4) is 0 Å². The van der Waals surface area contributed by atoms with Crippen molar-refractivity contribution in [1.82, 2.24) is 9.80 Å². The molecule has 152 valence electrons. The van der Waals surface area contributed by atoms with Gasteiger partial charge in [-0.2, -0.15) is 0 Å². The van der Waals surface area contributed by atoms with Crippen molar-refractivity contribution in [1.29, 1.82) is 0 Å². The number of piperazine rings is 1. The number of carbonyl (C=O) groups is 2. The van der Waals surface area contributed by atoms with Crippen molar-refractivity contribution < 1.29 is 18.0 Å². The van der Waals surface area contributed by atoms with Crippen LogP contribution in [0.4, 0.5) is 0 Å². The summed E-state index contributed by atoms with van der Waals surface area (Å²) in [5, 5.41) is -0.343. The van der Waals surface area contributed by atoms with Crippen LogP contribution in [0.2, 0.25) is 0 Å². The summed E-state index contributed by atoms with van der Waals surface area (Å²) in [6, 6.07) is 10.1. The molecule has 7 heteroatoms. The molecule has 1 aromatic rings. The average Bonchev–Trinajstić information content (AvgIpc) is 3.30. The number of amides is 2. The fourth-order valence-electron chi connectivity index (χ4n) is 4.58. The lowest BCUT2D eigenvalue weighted by molar-refractivity contribution is -0.139. The summed E-state index contributed by atoms with van der Waals surface area (Å²) in [6.45, 7) is 1.83. The number of sulfone groups is 1. The van der Waals surface area contributed by atoms with Crippen LogP contribution >= 0.6 is 0 Å². The van der Waals surface area contributed by atoms with E-state index in [0.29, 0.717) is 44.9 Å². The average molecular weight is 405 g/mol. The van der Waals surface area contributed by atoms with Crippen molar-refractivity contribution in [2.45, 2.75) is 43.3 Å². The fourth-order valence-corrected chi connectivity index (χ4v) is 6.39. The Labute approximate surface area is 166 Å². The van der Waals surface area contributed by atoms with E-state index >= 15 is 0 Å². The van der Waals surface area contributed by atoms with Gasteiger partial charge in [0.15, 0.2) is 9.84 Å². The van der Waals surface area contributed by atoms with Gasteiger partial charge >= 0.3 is 0 Å². The highest BCUT2D eigenvalue weighted by Gasteiger charge is 2.46. The molecule has 1 heterocycles. The summed E-state index contributed by atoms with van der Waals surface area (Å²) >= 11 is 0. The first-order valence-electron chi connectivity index (χ1n) is 10.3. The molecule has 28 heavy (non-hydrogen) atoms. The third-order valence-electron chi connectivity index (χ3n) is 6.41. The van der Waals surface area contributed by atoms with Gasteiger partial charge in [-0.25, -0.2) is 8.42 Å². The Morgan fingerprint density at radius 2 is 1.54 bits per heavy atom. The molecule has 0 N–H and O–H groups in total. The molecule has 4 rings (SSSR count). The van der Waals surface area contributed by atoms with Crippen LogP contribution in [0.1, 0.15) is 43.6 Å². The van der Waals surface area contributed by atoms with E-state index in [1.54, 1.807) is 4.90 Å². The second kappa shape index (κ2) is 7.85. The Morgan fingerprint density at radius 3 is 2.18 bits per heavy atom. The Hall–Kier alpha value is -1.89. The molecule has 2 amide bonds. The van der Waals surface area contributed by atoms with Gasteiger partial charge < -0.3 is 9.80 Å². The summed E-state index contributed by atoms with van der Waals surface area (Å²) in [6.07, 6.45) is 4.12. The van der Waals surface area contributed by atoms with E-state index in [1.165, 1.54) is 5.56 Å². The van der Waals surface area contributed by atoms with E-state index < -0.39 is 9.84 Å². The van der Waals surface area contributed by atoms with Crippen LogP contribution in [0.5, 0.6) is 0 Å². The molecule has 2 saturated carbocycles. The molecule has 0 bridgehead atoms. The molecule has 1 aromatic carbocycles. The van der Waals surface area contributed by atoms with E-state index in [4.69, 9.17) is 0 Å². The van der Waals surface area contributed by atoms with E-state index in [2.05, 4.69) is 12.1 Å². The quantitative estimate of drug-likeness (QED) is 0.750. The standard InChI is InChI=1S/C21H28N2O4S/c24-20(15-28(26,27)17-8-4-5-9-17)22-10-12-23(13-11-22)21(25)19-14-18(19)16-6-2-1-3-7-16/h1-3,6-7,17-19H,4-5,8-15H2/t18-,19?/m0/s1. The minimum atomic E-state index is -3.35. The predicted molar refractivity (Wildman–Crippen MR) is 106 cm³/mol. The zero-order chi connectivity index (χ0) is 19.7. The van der Waals surface area contributed by atoms with Gasteiger partial charge in [-0.3, -0.25) is 9.59 Å². The zero-order valence-corrected chi connectivity index (χ0v) is 16.9. The third-order valence-corrected chi connectivity index (χ3v) is 8.55. The monoisotopic (exact) mass is 404 g/mol. The highest BCUT2D eigenvalue weighted by atomic mass is 32.2. The SMILES string of the molecule is O=C(CS(=O)(=O)C1CCCC1)N1CCN(C(=O)C2C[C@H]2c2ccccc2)CC1. The number of benzene rings is 1. The van der Waals surface area contributed by atoms with E-state index in [9.17, 15) is 18.0 Å². The molecular weight excluding hydrogens is 376 g/mol. The zero-order valence-electron chi connectivity index (χ0n) is 16.1. The highest BCUT2D eigenvalue weighted by Crippen LogP contribution is 2.48. The number of nitrogens with zero attached hydrogens (tertiary/aromatic N) is 2. The molecule has 3 fully saturated rings. The number of hydrogen-bond donors (Lipinski definition) is 0. The number of hydrogen-bond acceptors (Lipinski definition) is 4. The molecule has 3 aliphatic rings. The van der Waals surface area contributed by atoms with Crippen LogP contribution in [-0.2, 0) is 19.4 Å². The summed E-state index contributed by atoms with van der Waals surface area (Å²) in [5.74, 6) is -0.172. The fraction of sp³-hybridized carbons (Fsp3) is 0.619. The van der Waals surface area contributed by atoms with Gasteiger partial charge in [0.2, 0.25) is 11.8 Å². The second-order valence-electron chi connectivity index (χ2n) is 8.28. The first-order chi connectivity index (χ1) is 13.5. The van der Waals surface area contributed by atoms with Crippen LogP contribution in [0.25, 0.3) is 0 Å². The summed E-state index contributed by atoms with van der Waals surface area (Å²) in [4.78, 5) is 28.7. The first kappa shape index (κ1) is 19.4. The molecule has 6 nitrogen and oxygen atoms in total. The smallest absolute Gasteiger partial charge is 0.237 e. The number of carbonyl (C=O) groups excluding carboxylic acids is 2. The highest BCUT2D eigenvalue weighted by molar-refractivity contribution is 7.92. The van der Waals surface area contributed by atoms with Crippen molar-refractivity contribution in [2.75, 3.05) is 31.9 Å². The normalized spacial score (nSPS) is 25.7. The maximum Gasteiger partial charge on any atom is 0.237 e. The third kappa shape index (κ3) is 4.09. The lowest BCUT2D eigenvalue weighted by Crippen LogP contribution is -2.52. The van der Waals surface area contributed by atoms with E-state index in [0.717, 1.165) is 19.3 Å². The maximum atomic E-state index is 12.7. The van der Waals surface area contributed by atoms with Gasteiger partial charge in [-0.1, -0.05) is 43.2 Å². The molecule has 2 aliphatic carbocycles. The molecule has 0 aromatic heterocycles. The first-order valence-corrected chi connectivity index (χ1v) is 12.0.